The van der Waals surface area contributed by atoms with E-state index in [0.717, 1.165) is 22.3 Å². The van der Waals surface area contributed by atoms with Crippen molar-refractivity contribution in [3.05, 3.63) is 59.7 Å². The van der Waals surface area contributed by atoms with Gasteiger partial charge in [-0.3, -0.25) is 9.59 Å². The van der Waals surface area contributed by atoms with Crippen LogP contribution >= 0.6 is 0 Å². The van der Waals surface area contributed by atoms with Crippen LogP contribution in [0.5, 0.6) is 0 Å². The van der Waals surface area contributed by atoms with Gasteiger partial charge in [-0.15, -0.1) is 0 Å². The number of carbonyl (C=O) groups excluding carboxylic acids is 3. The lowest BCUT2D eigenvalue weighted by atomic mass is 9.98. The summed E-state index contributed by atoms with van der Waals surface area (Å²) in [6.45, 7) is 10.6. The molecule has 0 radical (unpaired) electrons. The molecule has 0 unspecified atom stereocenters. The Morgan fingerprint density at radius 1 is 0.727 bits per heavy atom. The van der Waals surface area contributed by atoms with Gasteiger partial charge >= 0.3 is 12.1 Å². The van der Waals surface area contributed by atoms with Crippen molar-refractivity contribution in [1.82, 2.24) is 5.32 Å². The number of carbonyl (C=O) groups is 3. The van der Waals surface area contributed by atoms with Crippen molar-refractivity contribution in [2.24, 2.45) is 0 Å². The molecule has 2 aromatic carbocycles. The van der Waals surface area contributed by atoms with Crippen molar-refractivity contribution in [2.45, 2.75) is 64.5 Å². The summed E-state index contributed by atoms with van der Waals surface area (Å²) in [5, 5.41) is 2.65. The number of fused-ring (bicyclic) bond motifs is 3. The molecule has 1 aliphatic carbocycles. The van der Waals surface area contributed by atoms with Crippen molar-refractivity contribution >= 4 is 17.8 Å². The van der Waals surface area contributed by atoms with Crippen LogP contribution in [0.1, 0.15) is 64.0 Å². The number of rotatable bonds is 20. The van der Waals surface area contributed by atoms with Gasteiger partial charge in [0.05, 0.1) is 58.7 Å². The highest BCUT2D eigenvalue weighted by Gasteiger charge is 2.29. The Labute approximate surface area is 260 Å². The molecule has 1 aliphatic rings. The summed E-state index contributed by atoms with van der Waals surface area (Å²) < 4.78 is 32.5. The quantitative estimate of drug-likeness (QED) is 0.161. The topological polar surface area (TPSA) is 119 Å². The first kappa shape index (κ1) is 35.2. The fourth-order valence-corrected chi connectivity index (χ4v) is 4.77. The van der Waals surface area contributed by atoms with Crippen LogP contribution in [0.25, 0.3) is 11.1 Å². The Kier molecular flexibility index (Phi) is 14.8. The van der Waals surface area contributed by atoms with Crippen LogP contribution in [0.2, 0.25) is 0 Å². The van der Waals surface area contributed by atoms with E-state index in [9.17, 15) is 14.4 Å². The summed E-state index contributed by atoms with van der Waals surface area (Å²) in [5.41, 5.74) is 4.11. The van der Waals surface area contributed by atoms with Crippen LogP contribution in [0, 0.1) is 0 Å². The van der Waals surface area contributed by atoms with Gasteiger partial charge in [0.2, 0.25) is 0 Å². The van der Waals surface area contributed by atoms with Gasteiger partial charge in [0, 0.05) is 18.9 Å². The van der Waals surface area contributed by atoms with Crippen LogP contribution in [0.15, 0.2) is 48.5 Å². The fourth-order valence-electron chi connectivity index (χ4n) is 4.77. The van der Waals surface area contributed by atoms with E-state index in [0.29, 0.717) is 65.7 Å². The highest BCUT2D eigenvalue weighted by molar-refractivity contribution is 5.87. The molecule has 0 fully saturated rings. The molecule has 1 atom stereocenters. The van der Waals surface area contributed by atoms with Gasteiger partial charge in [-0.2, -0.15) is 0 Å². The molecule has 1 amide bonds. The Morgan fingerprint density at radius 3 is 1.77 bits per heavy atom. The van der Waals surface area contributed by atoms with Crippen LogP contribution in [-0.2, 0) is 38.0 Å². The Balaban J connectivity index is 1.14. The number of alkyl carbamates (subject to hydrolysis) is 1. The number of amides is 1. The zero-order valence-electron chi connectivity index (χ0n) is 26.4. The van der Waals surface area contributed by atoms with Crippen LogP contribution < -0.4 is 5.32 Å². The van der Waals surface area contributed by atoms with E-state index in [1.807, 2.05) is 45.0 Å². The molecule has 242 valence electrons. The normalized spacial score (nSPS) is 13.2. The zero-order valence-corrected chi connectivity index (χ0v) is 26.4. The van der Waals surface area contributed by atoms with Crippen molar-refractivity contribution in [3.8, 4) is 11.1 Å². The predicted octanol–water partition coefficient (Wildman–Crippen LogP) is 5.06. The van der Waals surface area contributed by atoms with Gasteiger partial charge in [-0.05, 0) is 56.4 Å². The number of Topliss-reactive ketones (excluding diaryl/α,β-unsaturated/α-hetero) is 1. The van der Waals surface area contributed by atoms with E-state index >= 15 is 0 Å². The number of ether oxygens (including phenoxy) is 6. The van der Waals surface area contributed by atoms with E-state index < -0.39 is 17.7 Å². The van der Waals surface area contributed by atoms with Crippen molar-refractivity contribution in [1.29, 1.82) is 0 Å². The summed E-state index contributed by atoms with van der Waals surface area (Å²) in [6.07, 6.45) is 0.452. The van der Waals surface area contributed by atoms with Crippen LogP contribution in [0.4, 0.5) is 4.79 Å². The number of benzene rings is 2. The first-order chi connectivity index (χ1) is 21.2. The number of hydrogen-bond acceptors (Lipinski definition) is 9. The third-order valence-electron chi connectivity index (χ3n) is 6.86. The molecular formula is C34H47NO9. The molecule has 0 aromatic heterocycles. The second-order valence-electron chi connectivity index (χ2n) is 11.5. The van der Waals surface area contributed by atoms with E-state index in [-0.39, 0.29) is 30.7 Å². The molecule has 44 heavy (non-hydrogen) atoms. The van der Waals surface area contributed by atoms with E-state index in [2.05, 4.69) is 29.6 Å². The van der Waals surface area contributed by atoms with Gasteiger partial charge in [0.15, 0.2) is 5.78 Å². The fraction of sp³-hybridized carbons (Fsp3) is 0.559. The lowest BCUT2D eigenvalue weighted by Crippen LogP contribution is -2.39. The molecule has 3 rings (SSSR count). The lowest BCUT2D eigenvalue weighted by molar-refractivity contribution is -0.156. The average molecular weight is 614 g/mol. The minimum absolute atomic E-state index is 0.0316. The largest absolute Gasteiger partial charge is 0.460 e. The van der Waals surface area contributed by atoms with Gasteiger partial charge in [0.25, 0.3) is 0 Å². The second-order valence-corrected chi connectivity index (χ2v) is 11.5. The lowest BCUT2D eigenvalue weighted by Gasteiger charge is -2.19. The standard InChI is InChI=1S/C34H47NO9/c1-25(35-33(38)43-24-30-28-12-7-5-10-26(28)27-11-6-8-13-29(27)30)31(36)14-9-16-39-18-20-41-22-23-42-21-19-40-17-15-32(37)44-34(2,3)4/h5-8,10-13,25,30H,9,14-24H2,1-4H3,(H,35,38)/t25-/m0/s1. The number of ketones is 1. The highest BCUT2D eigenvalue weighted by Crippen LogP contribution is 2.44. The predicted molar refractivity (Wildman–Crippen MR) is 166 cm³/mol. The van der Waals surface area contributed by atoms with E-state index in [1.54, 1.807) is 6.92 Å². The summed E-state index contributed by atoms with van der Waals surface area (Å²) in [4.78, 5) is 36.5. The van der Waals surface area contributed by atoms with Crippen molar-refractivity contribution in [2.75, 3.05) is 59.5 Å². The second kappa shape index (κ2) is 18.5. The molecular weight excluding hydrogens is 566 g/mol. The Hall–Kier alpha value is -3.31. The Morgan fingerprint density at radius 2 is 1.23 bits per heavy atom. The first-order valence-electron chi connectivity index (χ1n) is 15.3. The maximum Gasteiger partial charge on any atom is 0.407 e. The molecule has 0 spiro atoms. The molecule has 2 aromatic rings. The van der Waals surface area contributed by atoms with Crippen molar-refractivity contribution in [3.63, 3.8) is 0 Å². The third-order valence-corrected chi connectivity index (χ3v) is 6.86. The maximum atomic E-state index is 12.5. The van der Waals surface area contributed by atoms with Gasteiger partial charge < -0.3 is 33.7 Å². The number of esters is 1. The van der Waals surface area contributed by atoms with Gasteiger partial charge in [-0.1, -0.05) is 48.5 Å². The molecule has 0 saturated carbocycles. The smallest absolute Gasteiger partial charge is 0.407 e. The molecule has 10 heteroatoms. The molecule has 0 bridgehead atoms. The van der Waals surface area contributed by atoms with Gasteiger partial charge in [0.1, 0.15) is 12.2 Å². The Bertz CT molecular complexity index is 1150. The molecule has 10 nitrogen and oxygen atoms in total. The summed E-state index contributed by atoms with van der Waals surface area (Å²) in [6, 6.07) is 15.6. The summed E-state index contributed by atoms with van der Waals surface area (Å²) >= 11 is 0. The SMILES string of the molecule is C[C@H](NC(=O)OCC1c2ccccc2-c2ccccc21)C(=O)CCCOCCOCCOCCOCCC(=O)OC(C)(C)C. The summed E-state index contributed by atoms with van der Waals surface area (Å²) in [5.74, 6) is -0.390. The molecule has 1 N–H and O–H groups in total. The third kappa shape index (κ3) is 12.4. The van der Waals surface area contributed by atoms with E-state index in [1.165, 1.54) is 0 Å². The molecule has 0 saturated heterocycles. The minimum atomic E-state index is -0.649. The van der Waals surface area contributed by atoms with Crippen molar-refractivity contribution < 1.29 is 42.8 Å². The molecule has 0 heterocycles. The summed E-state index contributed by atoms with van der Waals surface area (Å²) in [7, 11) is 0. The van der Waals surface area contributed by atoms with Gasteiger partial charge in [-0.25, -0.2) is 4.79 Å². The monoisotopic (exact) mass is 613 g/mol. The average Bonchev–Trinajstić information content (AvgIpc) is 3.30. The molecule has 0 aliphatic heterocycles. The number of nitrogens with one attached hydrogen (secondary N) is 1. The van der Waals surface area contributed by atoms with Crippen LogP contribution in [0.3, 0.4) is 0 Å². The minimum Gasteiger partial charge on any atom is -0.460 e. The number of hydrogen-bond donors (Lipinski definition) is 1. The van der Waals surface area contributed by atoms with E-state index in [4.69, 9.17) is 28.4 Å². The first-order valence-corrected chi connectivity index (χ1v) is 15.3. The van der Waals surface area contributed by atoms with Crippen LogP contribution in [-0.4, -0.2) is 89.0 Å². The zero-order chi connectivity index (χ0) is 31.8. The maximum absolute atomic E-state index is 12.5. The highest BCUT2D eigenvalue weighted by atomic mass is 16.6.